The first kappa shape index (κ1) is 12.4. The van der Waals surface area contributed by atoms with Crippen LogP contribution in [0.25, 0.3) is 0 Å². The maximum atomic E-state index is 11.5. The maximum Gasteiger partial charge on any atom is 0.328 e. The number of amides is 4. The summed E-state index contributed by atoms with van der Waals surface area (Å²) in [7, 11) is 0. The highest BCUT2D eigenvalue weighted by Gasteiger charge is 2.45. The summed E-state index contributed by atoms with van der Waals surface area (Å²) in [5.74, 6) is -1.24. The highest BCUT2D eigenvalue weighted by atomic mass is 32.1. The summed E-state index contributed by atoms with van der Waals surface area (Å²) in [4.78, 5) is 33.9. The molecule has 0 atom stereocenters. The lowest BCUT2D eigenvalue weighted by Gasteiger charge is -2.30. The molecule has 0 aromatic rings. The average molecular weight is 244 g/mol. The molecule has 1 aliphatic heterocycles. The summed E-state index contributed by atoms with van der Waals surface area (Å²) >= 11 is 4.59. The van der Waals surface area contributed by atoms with Crippen LogP contribution in [0.4, 0.5) is 4.79 Å². The van der Waals surface area contributed by atoms with Gasteiger partial charge in [0.2, 0.25) is 11.8 Å². The SMILES string of the molecule is CC1(CCNC(N)=S)C(=O)NC(=O)NC1=O. The molecule has 1 rings (SSSR count). The molecule has 0 unspecified atom stereocenters. The Bertz CT molecular complexity index is 348. The van der Waals surface area contributed by atoms with E-state index in [9.17, 15) is 14.4 Å². The number of barbiturate groups is 1. The predicted molar refractivity (Wildman–Crippen MR) is 59.2 cm³/mol. The molecule has 8 heteroatoms. The van der Waals surface area contributed by atoms with Gasteiger partial charge in [-0.05, 0) is 25.6 Å². The van der Waals surface area contributed by atoms with Crippen molar-refractivity contribution in [3.05, 3.63) is 0 Å². The van der Waals surface area contributed by atoms with Crippen LogP contribution in [0.1, 0.15) is 13.3 Å². The molecule has 5 N–H and O–H groups in total. The summed E-state index contributed by atoms with van der Waals surface area (Å²) in [5.41, 5.74) is 3.92. The molecule has 16 heavy (non-hydrogen) atoms. The number of nitrogens with one attached hydrogen (secondary N) is 3. The van der Waals surface area contributed by atoms with E-state index in [0.717, 1.165) is 0 Å². The molecule has 1 fully saturated rings. The van der Waals surface area contributed by atoms with Gasteiger partial charge >= 0.3 is 6.03 Å². The fourth-order valence-corrected chi connectivity index (χ4v) is 1.38. The average Bonchev–Trinajstić information content (AvgIpc) is 2.14. The van der Waals surface area contributed by atoms with Crippen molar-refractivity contribution in [1.29, 1.82) is 0 Å². The molecule has 1 saturated heterocycles. The molecule has 0 radical (unpaired) electrons. The lowest BCUT2D eigenvalue weighted by atomic mass is 9.83. The number of carbonyl (C=O) groups is 3. The second kappa shape index (κ2) is 4.44. The highest BCUT2D eigenvalue weighted by molar-refractivity contribution is 7.80. The summed E-state index contributed by atoms with van der Waals surface area (Å²) in [6, 6.07) is -0.797. The Morgan fingerprint density at radius 3 is 2.31 bits per heavy atom. The molecule has 88 valence electrons. The van der Waals surface area contributed by atoms with Crippen LogP contribution in [0, 0.1) is 5.41 Å². The van der Waals surface area contributed by atoms with Crippen LogP contribution >= 0.6 is 12.2 Å². The number of carbonyl (C=O) groups excluding carboxylic acids is 3. The van der Waals surface area contributed by atoms with E-state index >= 15 is 0 Å². The van der Waals surface area contributed by atoms with E-state index in [4.69, 9.17) is 5.73 Å². The van der Waals surface area contributed by atoms with Crippen molar-refractivity contribution in [3.63, 3.8) is 0 Å². The Balaban J connectivity index is 2.66. The van der Waals surface area contributed by atoms with E-state index in [1.165, 1.54) is 6.92 Å². The first-order valence-corrected chi connectivity index (χ1v) is 4.97. The Morgan fingerprint density at radius 2 is 1.88 bits per heavy atom. The summed E-state index contributed by atoms with van der Waals surface area (Å²) in [6.07, 6.45) is 0.190. The quantitative estimate of drug-likeness (QED) is 0.358. The fraction of sp³-hybridized carbons (Fsp3) is 0.500. The number of imide groups is 2. The number of nitrogens with two attached hydrogens (primary N) is 1. The van der Waals surface area contributed by atoms with Crippen molar-refractivity contribution >= 4 is 35.2 Å². The Morgan fingerprint density at radius 1 is 1.38 bits per heavy atom. The zero-order chi connectivity index (χ0) is 12.3. The third-order valence-corrected chi connectivity index (χ3v) is 2.52. The number of hydrogen-bond acceptors (Lipinski definition) is 4. The number of urea groups is 1. The third kappa shape index (κ3) is 2.45. The van der Waals surface area contributed by atoms with Gasteiger partial charge in [0, 0.05) is 6.54 Å². The first-order valence-electron chi connectivity index (χ1n) is 4.56. The van der Waals surface area contributed by atoms with Crippen LogP contribution in [0.5, 0.6) is 0 Å². The van der Waals surface area contributed by atoms with E-state index in [0.29, 0.717) is 0 Å². The van der Waals surface area contributed by atoms with Crippen LogP contribution < -0.4 is 21.7 Å². The smallest absolute Gasteiger partial charge is 0.328 e. The van der Waals surface area contributed by atoms with Gasteiger partial charge in [0.25, 0.3) is 0 Å². The van der Waals surface area contributed by atoms with Crippen LogP contribution in [0.15, 0.2) is 0 Å². The van der Waals surface area contributed by atoms with Gasteiger partial charge in [-0.1, -0.05) is 0 Å². The first-order chi connectivity index (χ1) is 7.36. The molecule has 4 amide bonds. The van der Waals surface area contributed by atoms with Gasteiger partial charge < -0.3 is 11.1 Å². The number of rotatable bonds is 3. The molecule has 7 nitrogen and oxygen atoms in total. The van der Waals surface area contributed by atoms with E-state index in [1.54, 1.807) is 0 Å². The Hall–Kier alpha value is -1.70. The van der Waals surface area contributed by atoms with Crippen molar-refractivity contribution in [2.75, 3.05) is 6.54 Å². The van der Waals surface area contributed by atoms with Gasteiger partial charge in [0.1, 0.15) is 5.41 Å². The van der Waals surface area contributed by atoms with Crippen molar-refractivity contribution in [2.45, 2.75) is 13.3 Å². The van der Waals surface area contributed by atoms with E-state index in [1.807, 2.05) is 10.6 Å². The fourth-order valence-electron chi connectivity index (χ4n) is 1.28. The molecular weight excluding hydrogens is 232 g/mol. The summed E-state index contributed by atoms with van der Waals surface area (Å²) < 4.78 is 0. The topological polar surface area (TPSA) is 113 Å². The lowest BCUT2D eigenvalue weighted by molar-refractivity contribution is -0.143. The second-order valence-corrected chi connectivity index (χ2v) is 4.05. The minimum absolute atomic E-state index is 0.0938. The molecule has 0 bridgehead atoms. The van der Waals surface area contributed by atoms with Crippen LogP contribution in [0.3, 0.4) is 0 Å². The molecule has 1 heterocycles. The van der Waals surface area contributed by atoms with Gasteiger partial charge in [-0.25, -0.2) is 4.79 Å². The molecule has 1 aliphatic rings. The molecule has 0 aromatic carbocycles. The van der Waals surface area contributed by atoms with Gasteiger partial charge in [0.15, 0.2) is 5.11 Å². The third-order valence-electron chi connectivity index (χ3n) is 2.38. The summed E-state index contributed by atoms with van der Waals surface area (Å²) in [5, 5.41) is 6.80. The molecule has 0 spiro atoms. The van der Waals surface area contributed by atoms with E-state index in [2.05, 4.69) is 17.5 Å². The highest BCUT2D eigenvalue weighted by Crippen LogP contribution is 2.23. The largest absolute Gasteiger partial charge is 0.376 e. The molecular formula is C8H12N4O3S. The minimum Gasteiger partial charge on any atom is -0.376 e. The standard InChI is InChI=1S/C8H12N4O3S/c1-8(2-3-10-6(9)16)4(13)11-7(15)12-5(8)14/h2-3H2,1H3,(H3,9,10,16)(H2,11,12,13,14,15). The Kier molecular flexibility index (Phi) is 3.43. The summed E-state index contributed by atoms with van der Waals surface area (Å²) in [6.45, 7) is 1.73. The zero-order valence-electron chi connectivity index (χ0n) is 8.62. The predicted octanol–water partition coefficient (Wildman–Crippen LogP) is -1.42. The van der Waals surface area contributed by atoms with E-state index < -0.39 is 23.3 Å². The van der Waals surface area contributed by atoms with Crippen molar-refractivity contribution in [2.24, 2.45) is 11.1 Å². The maximum absolute atomic E-state index is 11.5. The van der Waals surface area contributed by atoms with Crippen LogP contribution in [-0.4, -0.2) is 29.5 Å². The Labute approximate surface area is 97.1 Å². The number of thiocarbonyl (C=S) groups is 1. The van der Waals surface area contributed by atoms with Gasteiger partial charge in [0.05, 0.1) is 0 Å². The lowest BCUT2D eigenvalue weighted by Crippen LogP contribution is -2.61. The minimum atomic E-state index is -1.29. The molecule has 0 aliphatic carbocycles. The van der Waals surface area contributed by atoms with Crippen molar-refractivity contribution in [1.82, 2.24) is 16.0 Å². The zero-order valence-corrected chi connectivity index (χ0v) is 9.44. The van der Waals surface area contributed by atoms with E-state index in [-0.39, 0.29) is 18.1 Å². The normalized spacial score (nSPS) is 18.7. The van der Waals surface area contributed by atoms with Crippen molar-refractivity contribution < 1.29 is 14.4 Å². The van der Waals surface area contributed by atoms with Gasteiger partial charge in [-0.2, -0.15) is 0 Å². The van der Waals surface area contributed by atoms with Gasteiger partial charge in [-0.15, -0.1) is 0 Å². The second-order valence-electron chi connectivity index (χ2n) is 3.61. The molecule has 0 aromatic heterocycles. The van der Waals surface area contributed by atoms with Gasteiger partial charge in [-0.3, -0.25) is 20.2 Å². The van der Waals surface area contributed by atoms with Crippen molar-refractivity contribution in [3.8, 4) is 0 Å². The monoisotopic (exact) mass is 244 g/mol. The molecule has 0 saturated carbocycles. The van der Waals surface area contributed by atoms with Crippen LogP contribution in [0.2, 0.25) is 0 Å². The number of hydrogen-bond donors (Lipinski definition) is 4. The van der Waals surface area contributed by atoms with Crippen LogP contribution in [-0.2, 0) is 9.59 Å².